The molecule has 0 fully saturated rings. The number of hydrogen-bond acceptors (Lipinski definition) is 3. The van der Waals surface area contributed by atoms with Gasteiger partial charge in [-0.1, -0.05) is 29.8 Å². The third-order valence-corrected chi connectivity index (χ3v) is 4.26. The first-order valence-electron chi connectivity index (χ1n) is 8.92. The molecule has 0 N–H and O–H groups in total. The van der Waals surface area contributed by atoms with E-state index < -0.39 is 0 Å². The second-order valence-electron chi connectivity index (χ2n) is 6.77. The molecule has 25 heavy (non-hydrogen) atoms. The van der Waals surface area contributed by atoms with Gasteiger partial charge in [0.15, 0.2) is 0 Å². The Morgan fingerprint density at radius 3 is 2.52 bits per heavy atom. The summed E-state index contributed by atoms with van der Waals surface area (Å²) in [5.41, 5.74) is 3.56. The Bertz CT molecular complexity index is 806. The highest BCUT2D eigenvalue weighted by Gasteiger charge is 2.10. The maximum atomic E-state index is 5.83. The molecule has 0 spiro atoms. The summed E-state index contributed by atoms with van der Waals surface area (Å²) in [6.07, 6.45) is 2.11. The number of unbranched alkanes of at least 4 members (excludes halogenated alkanes) is 1. The number of ether oxygens (including phenoxy) is 1. The summed E-state index contributed by atoms with van der Waals surface area (Å²) < 4.78 is 8.18. The van der Waals surface area contributed by atoms with E-state index in [1.165, 1.54) is 11.1 Å². The Kier molecular flexibility index (Phi) is 5.71. The van der Waals surface area contributed by atoms with Crippen LogP contribution in [0.2, 0.25) is 0 Å². The predicted octanol–water partition coefficient (Wildman–Crippen LogP) is 4.27. The van der Waals surface area contributed by atoms with Gasteiger partial charge in [0.25, 0.3) is 0 Å². The number of para-hydroxylation sites is 2. The third kappa shape index (κ3) is 4.60. The van der Waals surface area contributed by atoms with Crippen LogP contribution in [0.3, 0.4) is 0 Å². The molecule has 0 atom stereocenters. The highest BCUT2D eigenvalue weighted by Crippen LogP contribution is 2.18. The fourth-order valence-corrected chi connectivity index (χ4v) is 2.97. The molecule has 1 aromatic heterocycles. The van der Waals surface area contributed by atoms with Gasteiger partial charge in [0.2, 0.25) is 0 Å². The van der Waals surface area contributed by atoms with Crippen molar-refractivity contribution >= 4 is 11.0 Å². The van der Waals surface area contributed by atoms with Crippen LogP contribution in [0.15, 0.2) is 48.5 Å². The smallest absolute Gasteiger partial charge is 0.124 e. The van der Waals surface area contributed by atoms with Crippen molar-refractivity contribution in [1.29, 1.82) is 0 Å². The lowest BCUT2D eigenvalue weighted by Gasteiger charge is -2.13. The summed E-state index contributed by atoms with van der Waals surface area (Å²) in [5, 5.41) is 0. The van der Waals surface area contributed by atoms with Crippen molar-refractivity contribution in [2.75, 3.05) is 20.7 Å². The monoisotopic (exact) mass is 337 g/mol. The minimum Gasteiger partial charge on any atom is -0.494 e. The lowest BCUT2D eigenvalue weighted by Crippen LogP contribution is -2.16. The summed E-state index contributed by atoms with van der Waals surface area (Å²) in [5.74, 6) is 2.08. The molecule has 0 aliphatic rings. The molecule has 4 nitrogen and oxygen atoms in total. The van der Waals surface area contributed by atoms with Gasteiger partial charge in [-0.2, -0.15) is 0 Å². The van der Waals surface area contributed by atoms with Crippen LogP contribution in [0, 0.1) is 6.92 Å². The minimum atomic E-state index is 0.749. The molecule has 0 unspecified atom stereocenters. The summed E-state index contributed by atoms with van der Waals surface area (Å²) in [7, 11) is 4.16. The van der Waals surface area contributed by atoms with Crippen LogP contribution in [0.5, 0.6) is 5.75 Å². The third-order valence-electron chi connectivity index (χ3n) is 4.26. The number of nitrogens with zero attached hydrogens (tertiary/aromatic N) is 3. The zero-order valence-corrected chi connectivity index (χ0v) is 15.4. The molecule has 0 radical (unpaired) electrons. The summed E-state index contributed by atoms with van der Waals surface area (Å²) in [6.45, 7) is 4.67. The summed E-state index contributed by atoms with van der Waals surface area (Å²) in [4.78, 5) is 6.96. The number of fused-ring (bicyclic) bond motifs is 1. The lowest BCUT2D eigenvalue weighted by atomic mass is 10.2. The zero-order chi connectivity index (χ0) is 17.6. The van der Waals surface area contributed by atoms with E-state index in [9.17, 15) is 0 Å². The van der Waals surface area contributed by atoms with Gasteiger partial charge in [-0.25, -0.2) is 4.98 Å². The van der Waals surface area contributed by atoms with E-state index >= 15 is 0 Å². The van der Waals surface area contributed by atoms with E-state index in [1.807, 2.05) is 12.1 Å². The number of imidazole rings is 1. The van der Waals surface area contributed by atoms with Gasteiger partial charge < -0.3 is 14.2 Å². The minimum absolute atomic E-state index is 0.749. The van der Waals surface area contributed by atoms with Crippen molar-refractivity contribution in [3.8, 4) is 5.75 Å². The van der Waals surface area contributed by atoms with E-state index in [4.69, 9.17) is 9.72 Å². The van der Waals surface area contributed by atoms with Crippen LogP contribution in [-0.4, -0.2) is 35.2 Å². The molecular weight excluding hydrogens is 310 g/mol. The number of aryl methyl sites for hydroxylation is 2. The fourth-order valence-electron chi connectivity index (χ4n) is 2.97. The van der Waals surface area contributed by atoms with Crippen molar-refractivity contribution in [1.82, 2.24) is 14.5 Å². The molecule has 2 aromatic carbocycles. The van der Waals surface area contributed by atoms with E-state index in [0.717, 1.165) is 49.6 Å². The predicted molar refractivity (Wildman–Crippen MR) is 103 cm³/mol. The molecule has 0 aliphatic heterocycles. The standard InChI is InChI=1S/C21H27N3O/c1-17-10-12-18(13-11-17)25-15-7-6-14-24-20-9-5-4-8-19(20)22-21(24)16-23(2)3/h4-5,8-13H,6-7,14-16H2,1-3H3. The average molecular weight is 337 g/mol. The maximum absolute atomic E-state index is 5.83. The number of benzene rings is 2. The topological polar surface area (TPSA) is 30.3 Å². The molecule has 0 bridgehead atoms. The maximum Gasteiger partial charge on any atom is 0.124 e. The lowest BCUT2D eigenvalue weighted by molar-refractivity contribution is 0.302. The first kappa shape index (κ1) is 17.5. The van der Waals surface area contributed by atoms with Crippen molar-refractivity contribution in [2.24, 2.45) is 0 Å². The Hall–Kier alpha value is -2.33. The summed E-state index contributed by atoms with van der Waals surface area (Å²) in [6, 6.07) is 16.6. The molecule has 4 heteroatoms. The van der Waals surface area contributed by atoms with Gasteiger partial charge in [-0.15, -0.1) is 0 Å². The van der Waals surface area contributed by atoms with Crippen LogP contribution >= 0.6 is 0 Å². The zero-order valence-electron chi connectivity index (χ0n) is 15.4. The van der Waals surface area contributed by atoms with E-state index in [2.05, 4.69) is 66.9 Å². The van der Waals surface area contributed by atoms with Crippen molar-refractivity contribution in [2.45, 2.75) is 32.9 Å². The van der Waals surface area contributed by atoms with Crippen molar-refractivity contribution < 1.29 is 4.74 Å². The molecule has 0 saturated heterocycles. The van der Waals surface area contributed by atoms with Crippen molar-refractivity contribution in [3.63, 3.8) is 0 Å². The number of hydrogen-bond donors (Lipinski definition) is 0. The molecule has 3 aromatic rings. The first-order chi connectivity index (χ1) is 12.1. The Morgan fingerprint density at radius 1 is 1.00 bits per heavy atom. The second-order valence-corrected chi connectivity index (χ2v) is 6.77. The van der Waals surface area contributed by atoms with Crippen LogP contribution < -0.4 is 4.74 Å². The number of aromatic nitrogens is 2. The van der Waals surface area contributed by atoms with Gasteiger partial charge in [0.1, 0.15) is 11.6 Å². The Balaban J connectivity index is 1.57. The molecule has 0 amide bonds. The summed E-state index contributed by atoms with van der Waals surface area (Å²) >= 11 is 0. The van der Waals surface area contributed by atoms with Crippen LogP contribution in [0.1, 0.15) is 24.2 Å². The Labute approximate surface area is 150 Å². The first-order valence-corrected chi connectivity index (χ1v) is 8.92. The van der Waals surface area contributed by atoms with Crippen LogP contribution in [-0.2, 0) is 13.1 Å². The molecule has 0 saturated carbocycles. The van der Waals surface area contributed by atoms with Gasteiger partial charge in [-0.3, -0.25) is 0 Å². The largest absolute Gasteiger partial charge is 0.494 e. The highest BCUT2D eigenvalue weighted by atomic mass is 16.5. The van der Waals surface area contributed by atoms with E-state index in [0.29, 0.717) is 0 Å². The van der Waals surface area contributed by atoms with E-state index in [1.54, 1.807) is 0 Å². The molecule has 0 aliphatic carbocycles. The molecular formula is C21H27N3O. The van der Waals surface area contributed by atoms with E-state index in [-0.39, 0.29) is 0 Å². The van der Waals surface area contributed by atoms with Crippen LogP contribution in [0.25, 0.3) is 11.0 Å². The van der Waals surface area contributed by atoms with Gasteiger partial charge in [0, 0.05) is 6.54 Å². The fraction of sp³-hybridized carbons (Fsp3) is 0.381. The van der Waals surface area contributed by atoms with Gasteiger partial charge >= 0.3 is 0 Å². The second kappa shape index (κ2) is 8.17. The Morgan fingerprint density at radius 2 is 1.76 bits per heavy atom. The average Bonchev–Trinajstić information content (AvgIpc) is 2.93. The normalized spacial score (nSPS) is 11.4. The number of rotatable bonds is 8. The van der Waals surface area contributed by atoms with Gasteiger partial charge in [0.05, 0.1) is 24.2 Å². The molecule has 3 rings (SSSR count). The molecule has 1 heterocycles. The highest BCUT2D eigenvalue weighted by molar-refractivity contribution is 5.75. The van der Waals surface area contributed by atoms with Crippen molar-refractivity contribution in [3.05, 3.63) is 59.9 Å². The quantitative estimate of drug-likeness (QED) is 0.575. The van der Waals surface area contributed by atoms with Gasteiger partial charge in [-0.05, 0) is 58.1 Å². The van der Waals surface area contributed by atoms with Crippen LogP contribution in [0.4, 0.5) is 0 Å². The SMILES string of the molecule is Cc1ccc(OCCCCn2c(CN(C)C)nc3ccccc32)cc1. The molecule has 132 valence electrons.